The molecule has 0 aromatic heterocycles. The highest BCUT2D eigenvalue weighted by molar-refractivity contribution is 6.00. The molecule has 302 valence electrons. The summed E-state index contributed by atoms with van der Waals surface area (Å²) >= 11 is 0. The Balaban J connectivity index is 0.00000133. The molecule has 5 aliphatic carbocycles. The van der Waals surface area contributed by atoms with Crippen LogP contribution in [0.25, 0.3) is 0 Å². The van der Waals surface area contributed by atoms with Crippen molar-refractivity contribution < 1.29 is 29.3 Å². The molecule has 8 nitrogen and oxygen atoms in total. The molecule has 5 aliphatic rings. The lowest BCUT2D eigenvalue weighted by Crippen LogP contribution is -2.63. The fourth-order valence-electron chi connectivity index (χ4n) is 12.7. The van der Waals surface area contributed by atoms with Gasteiger partial charge in [0.25, 0.3) is 0 Å². The number of carbonyl (C=O) groups excluding carboxylic acids is 2. The minimum Gasteiger partial charge on any atom is -0.481 e. The lowest BCUT2D eigenvalue weighted by molar-refractivity contribution is -0.214. The Kier molecular flexibility index (Phi) is 12.4. The highest BCUT2D eigenvalue weighted by Crippen LogP contribution is 2.73. The molecule has 9 atom stereocenters. The maximum Gasteiger partial charge on any atom is 0.309 e. The van der Waals surface area contributed by atoms with Crippen LogP contribution in [0.15, 0.2) is 41.5 Å². The summed E-state index contributed by atoms with van der Waals surface area (Å²) in [7, 11) is 6.00. The molecular formula is C46H72N2O6. The van der Waals surface area contributed by atoms with Crippen molar-refractivity contribution in [3.05, 3.63) is 47.0 Å². The van der Waals surface area contributed by atoms with Gasteiger partial charge < -0.3 is 25.2 Å². The maximum atomic E-state index is 13.9. The molecule has 0 saturated heterocycles. The predicted molar refractivity (Wildman–Crippen MR) is 214 cm³/mol. The number of aliphatic hydroxyl groups is 1. The van der Waals surface area contributed by atoms with E-state index >= 15 is 0 Å². The fourth-order valence-corrected chi connectivity index (χ4v) is 12.7. The Morgan fingerprint density at radius 2 is 1.56 bits per heavy atom. The van der Waals surface area contributed by atoms with E-state index in [0.717, 1.165) is 56.9 Å². The first kappa shape index (κ1) is 42.6. The number of aliphatic carboxylic acids is 1. The quantitative estimate of drug-likeness (QED) is 0.205. The fraction of sp³-hybridized carbons (Fsp3) is 0.761. The molecule has 9 unspecified atom stereocenters. The summed E-state index contributed by atoms with van der Waals surface area (Å²) in [6.45, 7) is 18.3. The summed E-state index contributed by atoms with van der Waals surface area (Å²) in [6.07, 6.45) is 7.51. The first-order valence-corrected chi connectivity index (χ1v) is 20.9. The highest BCUT2D eigenvalue weighted by Gasteiger charge is 2.67. The number of nitrogens with one attached hydrogen (secondary N) is 1. The van der Waals surface area contributed by atoms with Crippen molar-refractivity contribution >= 4 is 17.7 Å². The van der Waals surface area contributed by atoms with Gasteiger partial charge in [0, 0.05) is 30.3 Å². The molecule has 54 heavy (non-hydrogen) atoms. The third-order valence-electron chi connectivity index (χ3n) is 15.2. The molecule has 3 N–H and O–H groups in total. The SMILES string of the molecule is CC(C)C1=C2C3CCC4C(C)(CCC5C(C)(C)C(OC(=O)CC(C)(C)C(=O)O)CCC54C)C3CCC2(C(O)CNCc2ccccc2)CC1=O.CN(C)C. The van der Waals surface area contributed by atoms with Gasteiger partial charge in [-0.3, -0.25) is 14.4 Å². The van der Waals surface area contributed by atoms with Gasteiger partial charge in [0.1, 0.15) is 6.10 Å². The Morgan fingerprint density at radius 1 is 0.926 bits per heavy atom. The van der Waals surface area contributed by atoms with E-state index in [1.54, 1.807) is 13.8 Å². The summed E-state index contributed by atoms with van der Waals surface area (Å²) in [5, 5.41) is 25.1. The minimum absolute atomic E-state index is 0.0981. The number of hydrogen-bond acceptors (Lipinski definition) is 7. The number of ketones is 1. The zero-order valence-electron chi connectivity index (χ0n) is 35.4. The molecule has 0 radical (unpaired) electrons. The van der Waals surface area contributed by atoms with Gasteiger partial charge in [-0.15, -0.1) is 0 Å². The van der Waals surface area contributed by atoms with Crippen molar-refractivity contribution in [3.8, 4) is 0 Å². The molecule has 8 heteroatoms. The first-order valence-electron chi connectivity index (χ1n) is 20.9. The summed E-state index contributed by atoms with van der Waals surface area (Å²) in [6, 6.07) is 10.3. The second kappa shape index (κ2) is 15.8. The van der Waals surface area contributed by atoms with Crippen LogP contribution >= 0.6 is 0 Å². The van der Waals surface area contributed by atoms with Crippen LogP contribution in [0.4, 0.5) is 0 Å². The van der Waals surface area contributed by atoms with Gasteiger partial charge in [-0.2, -0.15) is 0 Å². The third kappa shape index (κ3) is 7.74. The normalized spacial score (nSPS) is 34.9. The van der Waals surface area contributed by atoms with Gasteiger partial charge in [-0.25, -0.2) is 0 Å². The smallest absolute Gasteiger partial charge is 0.309 e. The van der Waals surface area contributed by atoms with Crippen molar-refractivity contribution in [1.82, 2.24) is 10.2 Å². The minimum atomic E-state index is -1.16. The summed E-state index contributed by atoms with van der Waals surface area (Å²) in [5.74, 6) is 0.708. The van der Waals surface area contributed by atoms with Crippen molar-refractivity contribution in [2.75, 3.05) is 27.7 Å². The molecule has 0 amide bonds. The molecular weight excluding hydrogens is 677 g/mol. The zero-order valence-corrected chi connectivity index (χ0v) is 35.4. The number of carbonyl (C=O) groups is 3. The van der Waals surface area contributed by atoms with E-state index in [-0.39, 0.29) is 40.5 Å². The number of rotatable bonds is 10. The molecule has 4 saturated carbocycles. The number of nitrogens with zero attached hydrogens (tertiary/aromatic N) is 1. The lowest BCUT2D eigenvalue weighted by Gasteiger charge is -2.69. The Labute approximate surface area is 326 Å². The van der Waals surface area contributed by atoms with Crippen LogP contribution in [0.3, 0.4) is 0 Å². The van der Waals surface area contributed by atoms with Crippen molar-refractivity contribution in [2.24, 2.45) is 56.7 Å². The molecule has 4 fully saturated rings. The van der Waals surface area contributed by atoms with Gasteiger partial charge >= 0.3 is 11.9 Å². The largest absolute Gasteiger partial charge is 0.481 e. The summed E-state index contributed by atoms with van der Waals surface area (Å²) in [4.78, 5) is 40.6. The topological polar surface area (TPSA) is 116 Å². The molecule has 0 bridgehead atoms. The van der Waals surface area contributed by atoms with E-state index < -0.39 is 28.9 Å². The van der Waals surface area contributed by atoms with E-state index in [1.165, 1.54) is 11.1 Å². The van der Waals surface area contributed by atoms with Crippen LogP contribution in [0, 0.1) is 56.7 Å². The van der Waals surface area contributed by atoms with Gasteiger partial charge in [-0.05, 0) is 138 Å². The van der Waals surface area contributed by atoms with Gasteiger partial charge in [0.15, 0.2) is 5.78 Å². The predicted octanol–water partition coefficient (Wildman–Crippen LogP) is 8.32. The second-order valence-electron chi connectivity index (χ2n) is 20.4. The number of hydrogen-bond donors (Lipinski definition) is 3. The van der Waals surface area contributed by atoms with Crippen molar-refractivity contribution in [1.29, 1.82) is 0 Å². The van der Waals surface area contributed by atoms with E-state index in [9.17, 15) is 24.6 Å². The number of Topliss-reactive ketones (excluding diaryl/α,β-unsaturated/α-hetero) is 1. The summed E-state index contributed by atoms with van der Waals surface area (Å²) < 4.78 is 6.14. The van der Waals surface area contributed by atoms with Gasteiger partial charge in [0.05, 0.1) is 17.9 Å². The average Bonchev–Trinajstić information content (AvgIpc) is 3.39. The molecule has 1 aromatic rings. The number of aliphatic hydroxyl groups excluding tert-OH is 1. The Bertz CT molecular complexity index is 1560. The number of ether oxygens (including phenoxy) is 1. The average molecular weight is 749 g/mol. The van der Waals surface area contributed by atoms with Crippen molar-refractivity contribution in [3.63, 3.8) is 0 Å². The van der Waals surface area contributed by atoms with Crippen LogP contribution in [0.5, 0.6) is 0 Å². The first-order chi connectivity index (χ1) is 25.1. The molecule has 1 aromatic carbocycles. The van der Waals surface area contributed by atoms with E-state index in [4.69, 9.17) is 4.74 Å². The van der Waals surface area contributed by atoms with E-state index in [2.05, 4.69) is 59.0 Å². The van der Waals surface area contributed by atoms with Gasteiger partial charge in [-0.1, -0.05) is 77.4 Å². The monoisotopic (exact) mass is 749 g/mol. The third-order valence-corrected chi connectivity index (χ3v) is 15.2. The highest BCUT2D eigenvalue weighted by atomic mass is 16.5. The standard InChI is InChI=1S/C43H63NO6.C3H9N/c1-26(2)36-30(45)22-43(33(46)25-44-24-27-12-10-9-11-13-27)21-16-29-28(37(36)43)14-15-32-41(29,7)19-17-31-40(5,6)34(18-20-42(31,32)8)50-35(47)23-39(3,4)38(48)49;1-4(2)3/h9-13,26,28-29,31-34,44,46H,14-25H2,1-8H3,(H,48,49);1-3H3. The Hall–Kier alpha value is -2.55. The van der Waals surface area contributed by atoms with E-state index in [1.807, 2.05) is 44.2 Å². The number of esters is 1. The van der Waals surface area contributed by atoms with Crippen LogP contribution in [0.2, 0.25) is 0 Å². The second-order valence-corrected chi connectivity index (χ2v) is 20.4. The molecule has 6 rings (SSSR count). The van der Waals surface area contributed by atoms with Crippen LogP contribution in [0.1, 0.15) is 125 Å². The maximum absolute atomic E-state index is 13.9. The molecule has 0 aliphatic heterocycles. The Morgan fingerprint density at radius 3 is 2.17 bits per heavy atom. The van der Waals surface area contributed by atoms with Crippen molar-refractivity contribution in [2.45, 2.75) is 138 Å². The molecule has 0 spiro atoms. The number of carboxylic acid groups (broad SMARTS) is 1. The zero-order chi connectivity index (χ0) is 40.0. The van der Waals surface area contributed by atoms with Crippen LogP contribution < -0.4 is 5.32 Å². The number of allylic oxidation sites excluding steroid dienone is 1. The van der Waals surface area contributed by atoms with Gasteiger partial charge in [0.2, 0.25) is 0 Å². The number of fused-ring (bicyclic) bond motifs is 7. The number of carboxylic acids is 1. The van der Waals surface area contributed by atoms with E-state index in [0.29, 0.717) is 43.2 Å². The number of benzene rings is 1. The molecule has 0 heterocycles. The lowest BCUT2D eigenvalue weighted by atomic mass is 9.36. The van der Waals surface area contributed by atoms with Crippen LogP contribution in [-0.2, 0) is 25.7 Å². The van der Waals surface area contributed by atoms with Crippen LogP contribution in [-0.4, -0.2) is 72.7 Å². The summed E-state index contributed by atoms with van der Waals surface area (Å²) in [5.41, 5.74) is 1.88.